The van der Waals surface area contributed by atoms with Gasteiger partial charge in [-0.3, -0.25) is 0 Å². The van der Waals surface area contributed by atoms with Crippen molar-refractivity contribution < 1.29 is 17.2 Å². The van der Waals surface area contributed by atoms with Crippen molar-refractivity contribution in [2.75, 3.05) is 0 Å². The van der Waals surface area contributed by atoms with Crippen molar-refractivity contribution in [1.82, 2.24) is 4.72 Å². The molecule has 2 aromatic carbocycles. The normalized spacial score (nSPS) is 11.5. The van der Waals surface area contributed by atoms with Crippen molar-refractivity contribution in [3.05, 3.63) is 65.7 Å². The number of benzene rings is 2. The Balaban J connectivity index is 2.14. The van der Waals surface area contributed by atoms with Crippen LogP contribution in [-0.4, -0.2) is 8.42 Å². The number of rotatable bonds is 4. The fraction of sp³-hybridized carbons (Fsp3) is 0.0769. The van der Waals surface area contributed by atoms with Crippen molar-refractivity contribution in [3.63, 3.8) is 0 Å². The Morgan fingerprint density at radius 3 is 2.21 bits per heavy atom. The highest BCUT2D eigenvalue weighted by Gasteiger charge is 2.14. The maximum Gasteiger partial charge on any atom is 0.240 e. The van der Waals surface area contributed by atoms with Crippen LogP contribution in [0.3, 0.4) is 0 Å². The zero-order chi connectivity index (χ0) is 13.9. The molecule has 0 aliphatic heterocycles. The third kappa shape index (κ3) is 3.59. The monoisotopic (exact) mass is 283 g/mol. The fourth-order valence-corrected chi connectivity index (χ4v) is 2.59. The molecule has 0 aromatic heterocycles. The number of hydrogen-bond donors (Lipinski definition) is 1. The van der Waals surface area contributed by atoms with Gasteiger partial charge in [-0.05, 0) is 35.9 Å². The molecule has 0 saturated heterocycles. The van der Waals surface area contributed by atoms with Gasteiger partial charge in [0.15, 0.2) is 0 Å². The lowest BCUT2D eigenvalue weighted by Gasteiger charge is -2.07. The molecule has 1 N–H and O–H groups in total. The molecule has 0 unspecified atom stereocenters. The van der Waals surface area contributed by atoms with Crippen LogP contribution in [0.1, 0.15) is 5.56 Å². The second-order valence-corrected chi connectivity index (χ2v) is 5.68. The van der Waals surface area contributed by atoms with Gasteiger partial charge in [-0.15, -0.1) is 0 Å². The highest BCUT2D eigenvalue weighted by atomic mass is 32.2. The zero-order valence-corrected chi connectivity index (χ0v) is 10.6. The molecular formula is C13H11F2NO2S. The maximum atomic E-state index is 13.0. The zero-order valence-electron chi connectivity index (χ0n) is 9.81. The smallest absolute Gasteiger partial charge is 0.207 e. The third-order valence-corrected chi connectivity index (χ3v) is 3.86. The Kier molecular flexibility index (Phi) is 3.92. The molecule has 0 amide bonds. The van der Waals surface area contributed by atoms with Gasteiger partial charge in [0.05, 0.1) is 4.90 Å². The highest BCUT2D eigenvalue weighted by molar-refractivity contribution is 7.89. The van der Waals surface area contributed by atoms with Crippen LogP contribution in [0.25, 0.3) is 0 Å². The molecule has 3 nitrogen and oxygen atoms in total. The topological polar surface area (TPSA) is 46.2 Å². The summed E-state index contributed by atoms with van der Waals surface area (Å²) < 4.78 is 51.9. The van der Waals surface area contributed by atoms with Gasteiger partial charge in [-0.1, -0.05) is 18.2 Å². The second-order valence-electron chi connectivity index (χ2n) is 3.91. The summed E-state index contributed by atoms with van der Waals surface area (Å²) in [6.07, 6.45) is 0. The molecule has 0 aliphatic carbocycles. The van der Waals surface area contributed by atoms with E-state index in [0.29, 0.717) is 5.56 Å². The molecule has 0 atom stereocenters. The molecule has 2 rings (SSSR count). The molecule has 0 saturated carbocycles. The van der Waals surface area contributed by atoms with E-state index in [2.05, 4.69) is 4.72 Å². The Morgan fingerprint density at radius 1 is 0.947 bits per heavy atom. The van der Waals surface area contributed by atoms with E-state index in [1.807, 2.05) is 0 Å². The van der Waals surface area contributed by atoms with E-state index in [-0.39, 0.29) is 11.4 Å². The minimum absolute atomic E-state index is 0.0589. The van der Waals surface area contributed by atoms with Crippen molar-refractivity contribution in [1.29, 1.82) is 0 Å². The molecule has 0 aliphatic rings. The van der Waals surface area contributed by atoms with Gasteiger partial charge in [-0.25, -0.2) is 21.9 Å². The van der Waals surface area contributed by atoms with Crippen LogP contribution in [-0.2, 0) is 16.6 Å². The van der Waals surface area contributed by atoms with Gasteiger partial charge in [0, 0.05) is 6.54 Å². The summed E-state index contributed by atoms with van der Waals surface area (Å²) >= 11 is 0. The van der Waals surface area contributed by atoms with Crippen LogP contribution >= 0.6 is 0 Å². The first-order chi connectivity index (χ1) is 8.97. The second kappa shape index (κ2) is 5.46. The van der Waals surface area contributed by atoms with Gasteiger partial charge < -0.3 is 0 Å². The first-order valence-electron chi connectivity index (χ1n) is 5.47. The summed E-state index contributed by atoms with van der Waals surface area (Å²) in [4.78, 5) is -0.163. The SMILES string of the molecule is O=S(=O)(NCc1cccc(F)c1)c1cccc(F)c1. The van der Waals surface area contributed by atoms with E-state index >= 15 is 0 Å². The third-order valence-electron chi connectivity index (χ3n) is 2.46. The Labute approximate surface area is 109 Å². The summed E-state index contributed by atoms with van der Waals surface area (Å²) in [5.74, 6) is -1.07. The molecule has 19 heavy (non-hydrogen) atoms. The summed E-state index contributed by atoms with van der Waals surface area (Å²) in [6, 6.07) is 10.3. The largest absolute Gasteiger partial charge is 0.240 e. The number of hydrogen-bond acceptors (Lipinski definition) is 2. The molecule has 0 radical (unpaired) electrons. The van der Waals surface area contributed by atoms with E-state index in [1.54, 1.807) is 6.07 Å². The standard InChI is InChI=1S/C13H11F2NO2S/c14-11-4-1-3-10(7-11)9-16-19(17,18)13-6-2-5-12(15)8-13/h1-8,16H,9H2. The van der Waals surface area contributed by atoms with Gasteiger partial charge in [0.1, 0.15) is 11.6 Å². The molecule has 100 valence electrons. The van der Waals surface area contributed by atoms with Crippen LogP contribution < -0.4 is 4.72 Å². The van der Waals surface area contributed by atoms with Gasteiger partial charge in [-0.2, -0.15) is 0 Å². The maximum absolute atomic E-state index is 13.0. The van der Waals surface area contributed by atoms with Crippen LogP contribution in [0, 0.1) is 11.6 Å². The van der Waals surface area contributed by atoms with Crippen molar-refractivity contribution in [2.24, 2.45) is 0 Å². The lowest BCUT2D eigenvalue weighted by atomic mass is 10.2. The van der Waals surface area contributed by atoms with E-state index < -0.39 is 21.7 Å². The van der Waals surface area contributed by atoms with Crippen LogP contribution in [0.4, 0.5) is 8.78 Å². The molecule has 0 spiro atoms. The lowest BCUT2D eigenvalue weighted by Crippen LogP contribution is -2.23. The summed E-state index contributed by atoms with van der Waals surface area (Å²) in [6.45, 7) is -0.0589. The average molecular weight is 283 g/mol. The van der Waals surface area contributed by atoms with Crippen LogP contribution in [0.5, 0.6) is 0 Å². The molecule has 2 aromatic rings. The van der Waals surface area contributed by atoms with E-state index in [4.69, 9.17) is 0 Å². The Bertz CT molecular complexity index is 687. The van der Waals surface area contributed by atoms with E-state index in [1.165, 1.54) is 30.3 Å². The first-order valence-corrected chi connectivity index (χ1v) is 6.95. The number of nitrogens with one attached hydrogen (secondary N) is 1. The summed E-state index contributed by atoms with van der Waals surface area (Å²) in [5, 5.41) is 0. The predicted molar refractivity (Wildman–Crippen MR) is 66.8 cm³/mol. The highest BCUT2D eigenvalue weighted by Crippen LogP contribution is 2.11. The minimum atomic E-state index is -3.81. The molecule has 0 heterocycles. The fourth-order valence-electron chi connectivity index (χ4n) is 1.54. The van der Waals surface area contributed by atoms with E-state index in [0.717, 1.165) is 12.1 Å². The van der Waals surface area contributed by atoms with Crippen molar-refractivity contribution in [3.8, 4) is 0 Å². The number of sulfonamides is 1. The summed E-state index contributed by atoms with van der Waals surface area (Å²) in [7, 11) is -3.81. The van der Waals surface area contributed by atoms with E-state index in [9.17, 15) is 17.2 Å². The molecule has 0 bridgehead atoms. The van der Waals surface area contributed by atoms with Gasteiger partial charge in [0.2, 0.25) is 10.0 Å². The van der Waals surface area contributed by atoms with Crippen LogP contribution in [0.15, 0.2) is 53.4 Å². The summed E-state index contributed by atoms with van der Waals surface area (Å²) in [5.41, 5.74) is 0.486. The molecular weight excluding hydrogens is 272 g/mol. The average Bonchev–Trinajstić information content (AvgIpc) is 2.37. The predicted octanol–water partition coefficient (Wildman–Crippen LogP) is 2.44. The van der Waals surface area contributed by atoms with Crippen molar-refractivity contribution in [2.45, 2.75) is 11.4 Å². The van der Waals surface area contributed by atoms with Crippen LogP contribution in [0.2, 0.25) is 0 Å². The Hall–Kier alpha value is -1.79. The van der Waals surface area contributed by atoms with Gasteiger partial charge >= 0.3 is 0 Å². The van der Waals surface area contributed by atoms with Gasteiger partial charge in [0.25, 0.3) is 0 Å². The van der Waals surface area contributed by atoms with Crippen molar-refractivity contribution >= 4 is 10.0 Å². The molecule has 6 heteroatoms. The quantitative estimate of drug-likeness (QED) is 0.936. The molecule has 0 fully saturated rings. The number of halogens is 2. The Morgan fingerprint density at radius 2 is 1.58 bits per heavy atom. The first kappa shape index (κ1) is 13.6. The lowest BCUT2D eigenvalue weighted by molar-refractivity contribution is 0.576. The minimum Gasteiger partial charge on any atom is -0.207 e.